The monoisotopic (exact) mass is 286 g/mol. The Kier molecular flexibility index (Phi) is 4.29. The molecule has 1 amide bonds. The summed E-state index contributed by atoms with van der Waals surface area (Å²) >= 11 is 0. The molecule has 1 aromatic rings. The fraction of sp³-hybridized carbons (Fsp3) is 0.611. The van der Waals surface area contributed by atoms with Gasteiger partial charge in [-0.05, 0) is 31.2 Å². The highest BCUT2D eigenvalue weighted by Crippen LogP contribution is 2.35. The van der Waals surface area contributed by atoms with E-state index in [-0.39, 0.29) is 11.9 Å². The summed E-state index contributed by atoms with van der Waals surface area (Å²) in [5.74, 6) is 0.525. The van der Waals surface area contributed by atoms with E-state index in [2.05, 4.69) is 29.6 Å². The molecule has 0 saturated heterocycles. The Labute approximate surface area is 127 Å². The quantitative estimate of drug-likeness (QED) is 0.897. The maximum atomic E-state index is 12.6. The van der Waals surface area contributed by atoms with Crippen molar-refractivity contribution in [3.05, 3.63) is 35.9 Å². The van der Waals surface area contributed by atoms with E-state index in [9.17, 15) is 4.79 Å². The number of rotatable bonds is 3. The molecule has 0 bridgehead atoms. The van der Waals surface area contributed by atoms with Gasteiger partial charge in [-0.2, -0.15) is 0 Å². The van der Waals surface area contributed by atoms with Gasteiger partial charge in [-0.3, -0.25) is 4.79 Å². The number of nitrogens with one attached hydrogen (secondary N) is 1. The molecule has 2 unspecified atom stereocenters. The third-order valence-electron chi connectivity index (χ3n) is 5.26. The second-order valence-corrected chi connectivity index (χ2v) is 6.74. The molecule has 0 heterocycles. The molecule has 2 fully saturated rings. The fourth-order valence-corrected chi connectivity index (χ4v) is 3.95. The van der Waals surface area contributed by atoms with Gasteiger partial charge in [0.25, 0.3) is 0 Å². The Morgan fingerprint density at radius 1 is 1.05 bits per heavy atom. The van der Waals surface area contributed by atoms with Crippen molar-refractivity contribution in [1.29, 1.82) is 0 Å². The zero-order valence-electron chi connectivity index (χ0n) is 12.7. The lowest BCUT2D eigenvalue weighted by Crippen LogP contribution is -2.57. The minimum absolute atomic E-state index is 0.0787. The van der Waals surface area contributed by atoms with Crippen LogP contribution in [0.25, 0.3) is 0 Å². The molecule has 3 N–H and O–H groups in total. The van der Waals surface area contributed by atoms with Gasteiger partial charge in [0.05, 0.1) is 5.54 Å². The minimum Gasteiger partial charge on any atom is -0.351 e. The van der Waals surface area contributed by atoms with Crippen LogP contribution in [0.5, 0.6) is 0 Å². The third-order valence-corrected chi connectivity index (χ3v) is 5.26. The molecule has 2 saturated carbocycles. The minimum atomic E-state index is -0.623. The predicted octanol–water partition coefficient (Wildman–Crippen LogP) is 3.10. The smallest absolute Gasteiger partial charge is 0.240 e. The summed E-state index contributed by atoms with van der Waals surface area (Å²) in [6.45, 7) is 0. The Morgan fingerprint density at radius 2 is 1.76 bits per heavy atom. The van der Waals surface area contributed by atoms with E-state index in [1.54, 1.807) is 0 Å². The van der Waals surface area contributed by atoms with Gasteiger partial charge in [0, 0.05) is 12.0 Å². The summed E-state index contributed by atoms with van der Waals surface area (Å²) in [5.41, 5.74) is 7.07. The summed E-state index contributed by atoms with van der Waals surface area (Å²) in [7, 11) is 0. The predicted molar refractivity (Wildman–Crippen MR) is 85.0 cm³/mol. The van der Waals surface area contributed by atoms with Crippen LogP contribution in [0.4, 0.5) is 0 Å². The second-order valence-electron chi connectivity index (χ2n) is 6.74. The molecule has 0 aliphatic heterocycles. The van der Waals surface area contributed by atoms with Gasteiger partial charge in [-0.25, -0.2) is 0 Å². The Bertz CT molecular complexity index is 479. The van der Waals surface area contributed by atoms with Crippen molar-refractivity contribution < 1.29 is 4.79 Å². The molecule has 114 valence electrons. The van der Waals surface area contributed by atoms with Crippen LogP contribution in [-0.4, -0.2) is 17.5 Å². The third kappa shape index (κ3) is 3.13. The first-order valence-electron chi connectivity index (χ1n) is 8.34. The number of carbonyl (C=O) groups is 1. The lowest BCUT2D eigenvalue weighted by Gasteiger charge is -2.34. The van der Waals surface area contributed by atoms with Crippen LogP contribution in [0.15, 0.2) is 30.3 Å². The van der Waals surface area contributed by atoms with Crippen LogP contribution in [0, 0.1) is 0 Å². The highest BCUT2D eigenvalue weighted by atomic mass is 16.2. The van der Waals surface area contributed by atoms with E-state index in [0.717, 1.165) is 38.5 Å². The second kappa shape index (κ2) is 6.18. The van der Waals surface area contributed by atoms with Crippen LogP contribution in [0.3, 0.4) is 0 Å². The average molecular weight is 286 g/mol. The molecule has 3 rings (SSSR count). The molecular formula is C18H26N2O. The van der Waals surface area contributed by atoms with Crippen molar-refractivity contribution in [2.24, 2.45) is 5.73 Å². The Hall–Kier alpha value is -1.35. The topological polar surface area (TPSA) is 55.1 Å². The first kappa shape index (κ1) is 14.6. The molecule has 2 atom stereocenters. The molecule has 3 nitrogen and oxygen atoms in total. The molecule has 1 aromatic carbocycles. The summed E-state index contributed by atoms with van der Waals surface area (Å²) < 4.78 is 0. The maximum Gasteiger partial charge on any atom is 0.240 e. The molecule has 3 heteroatoms. The van der Waals surface area contributed by atoms with Crippen molar-refractivity contribution in [3.63, 3.8) is 0 Å². The highest BCUT2D eigenvalue weighted by Gasteiger charge is 2.38. The number of carbonyl (C=O) groups excluding carboxylic acids is 1. The number of hydrogen-bond acceptors (Lipinski definition) is 2. The number of benzene rings is 1. The van der Waals surface area contributed by atoms with Gasteiger partial charge in [0.1, 0.15) is 0 Å². The standard InChI is InChI=1S/C18H26N2O/c19-18(12-5-2-6-13-18)17(21)20-16-11-7-10-15(16)14-8-3-1-4-9-14/h1,3-4,8-9,15-16H,2,5-7,10-13,19H2,(H,20,21). The average Bonchev–Trinajstić information content (AvgIpc) is 2.97. The zero-order valence-corrected chi connectivity index (χ0v) is 12.7. The summed E-state index contributed by atoms with van der Waals surface area (Å²) in [6.07, 6.45) is 8.45. The van der Waals surface area contributed by atoms with Crippen molar-refractivity contribution >= 4 is 5.91 Å². The molecule has 0 aromatic heterocycles. The fourth-order valence-electron chi connectivity index (χ4n) is 3.95. The zero-order chi connectivity index (χ0) is 14.7. The lowest BCUT2D eigenvalue weighted by molar-refractivity contribution is -0.128. The highest BCUT2D eigenvalue weighted by molar-refractivity contribution is 5.86. The number of amides is 1. The van der Waals surface area contributed by atoms with E-state index >= 15 is 0 Å². The Morgan fingerprint density at radius 3 is 2.48 bits per heavy atom. The Balaban J connectivity index is 1.67. The number of hydrogen-bond donors (Lipinski definition) is 2. The van der Waals surface area contributed by atoms with Gasteiger partial charge < -0.3 is 11.1 Å². The van der Waals surface area contributed by atoms with Crippen molar-refractivity contribution in [2.75, 3.05) is 0 Å². The van der Waals surface area contributed by atoms with Gasteiger partial charge in [-0.15, -0.1) is 0 Å². The lowest BCUT2D eigenvalue weighted by atomic mass is 9.81. The molecule has 2 aliphatic carbocycles. The van der Waals surface area contributed by atoms with Crippen molar-refractivity contribution in [1.82, 2.24) is 5.32 Å². The first-order valence-corrected chi connectivity index (χ1v) is 8.34. The van der Waals surface area contributed by atoms with Gasteiger partial charge in [0.15, 0.2) is 0 Å². The van der Waals surface area contributed by atoms with Gasteiger partial charge in [-0.1, -0.05) is 56.0 Å². The van der Waals surface area contributed by atoms with E-state index in [1.807, 2.05) is 6.07 Å². The van der Waals surface area contributed by atoms with E-state index in [1.165, 1.54) is 18.4 Å². The van der Waals surface area contributed by atoms with Gasteiger partial charge >= 0.3 is 0 Å². The van der Waals surface area contributed by atoms with Gasteiger partial charge in [0.2, 0.25) is 5.91 Å². The van der Waals surface area contributed by atoms with Crippen LogP contribution >= 0.6 is 0 Å². The number of nitrogens with two attached hydrogens (primary N) is 1. The first-order chi connectivity index (χ1) is 10.2. The summed E-state index contributed by atoms with van der Waals surface area (Å²) in [4.78, 5) is 12.6. The van der Waals surface area contributed by atoms with E-state index in [0.29, 0.717) is 5.92 Å². The molecule has 0 spiro atoms. The molecule has 2 aliphatic rings. The van der Waals surface area contributed by atoms with E-state index < -0.39 is 5.54 Å². The van der Waals surface area contributed by atoms with Crippen molar-refractivity contribution in [2.45, 2.75) is 68.9 Å². The SMILES string of the molecule is NC1(C(=O)NC2CCCC2c2ccccc2)CCCCC1. The molecular weight excluding hydrogens is 260 g/mol. The summed E-state index contributed by atoms with van der Waals surface area (Å²) in [5, 5.41) is 3.27. The van der Waals surface area contributed by atoms with Crippen LogP contribution in [0.1, 0.15) is 62.8 Å². The van der Waals surface area contributed by atoms with E-state index in [4.69, 9.17) is 5.73 Å². The van der Waals surface area contributed by atoms with Crippen LogP contribution in [-0.2, 0) is 4.79 Å². The molecule has 21 heavy (non-hydrogen) atoms. The largest absolute Gasteiger partial charge is 0.351 e. The van der Waals surface area contributed by atoms with Crippen molar-refractivity contribution in [3.8, 4) is 0 Å². The summed E-state index contributed by atoms with van der Waals surface area (Å²) in [6, 6.07) is 10.8. The maximum absolute atomic E-state index is 12.6. The molecule has 0 radical (unpaired) electrons. The normalized spacial score (nSPS) is 28.2. The van der Waals surface area contributed by atoms with Crippen LogP contribution < -0.4 is 11.1 Å². The van der Waals surface area contributed by atoms with Crippen LogP contribution in [0.2, 0.25) is 0 Å².